The lowest BCUT2D eigenvalue weighted by Gasteiger charge is -2.26. The molecule has 0 aromatic heterocycles. The van der Waals surface area contributed by atoms with Crippen LogP contribution in [-0.4, -0.2) is 11.8 Å². The van der Waals surface area contributed by atoms with Gasteiger partial charge in [0, 0.05) is 23.4 Å². The van der Waals surface area contributed by atoms with Crippen molar-refractivity contribution in [1.29, 1.82) is 0 Å². The molecule has 1 aliphatic heterocycles. The van der Waals surface area contributed by atoms with Gasteiger partial charge in [-0.25, -0.2) is 10.6 Å². The number of halogens is 3. The number of hydrogen-bond donors (Lipinski definition) is 4. The van der Waals surface area contributed by atoms with Crippen molar-refractivity contribution in [1.82, 2.24) is 5.43 Å². The predicted octanol–water partition coefficient (Wildman–Crippen LogP) is 5.13. The lowest BCUT2D eigenvalue weighted by molar-refractivity contribution is -0.137. The molecule has 3 aromatic carbocycles. The number of para-hydroxylation sites is 1. The SMILES string of the molecule is NNC(=O)Nc1ccc(C(F)(F)F)cc1.O=C1CC(c2ccccc2)Nc2ccccc21. The first-order valence-corrected chi connectivity index (χ1v) is 9.66. The number of nitrogens with one attached hydrogen (secondary N) is 3. The Morgan fingerprint density at radius 2 is 1.56 bits per heavy atom. The molecule has 0 saturated carbocycles. The first-order chi connectivity index (χ1) is 15.3. The van der Waals surface area contributed by atoms with E-state index < -0.39 is 17.8 Å². The van der Waals surface area contributed by atoms with Crippen molar-refractivity contribution >= 4 is 23.2 Å². The molecule has 3 aromatic rings. The number of urea groups is 1. The van der Waals surface area contributed by atoms with Gasteiger partial charge in [-0.1, -0.05) is 42.5 Å². The second kappa shape index (κ2) is 9.97. The summed E-state index contributed by atoms with van der Waals surface area (Å²) in [4.78, 5) is 22.7. The summed E-state index contributed by atoms with van der Waals surface area (Å²) in [6.45, 7) is 0. The fraction of sp³-hybridized carbons (Fsp3) is 0.130. The average Bonchev–Trinajstić information content (AvgIpc) is 2.80. The van der Waals surface area contributed by atoms with Crippen molar-refractivity contribution in [2.75, 3.05) is 10.6 Å². The van der Waals surface area contributed by atoms with Gasteiger partial charge in [0.1, 0.15) is 0 Å². The van der Waals surface area contributed by atoms with Gasteiger partial charge in [0.25, 0.3) is 0 Å². The Morgan fingerprint density at radius 3 is 2.19 bits per heavy atom. The summed E-state index contributed by atoms with van der Waals surface area (Å²) in [5.41, 5.74) is 4.15. The van der Waals surface area contributed by atoms with E-state index in [4.69, 9.17) is 5.84 Å². The van der Waals surface area contributed by atoms with E-state index in [0.717, 1.165) is 41.1 Å². The Balaban J connectivity index is 0.000000183. The molecule has 0 radical (unpaired) electrons. The van der Waals surface area contributed by atoms with E-state index in [-0.39, 0.29) is 17.5 Å². The summed E-state index contributed by atoms with van der Waals surface area (Å²) in [7, 11) is 0. The molecule has 0 saturated heterocycles. The molecule has 166 valence electrons. The van der Waals surface area contributed by atoms with Gasteiger partial charge in [0.2, 0.25) is 0 Å². The highest BCUT2D eigenvalue weighted by atomic mass is 19.4. The van der Waals surface area contributed by atoms with E-state index in [0.29, 0.717) is 6.42 Å². The van der Waals surface area contributed by atoms with Crippen molar-refractivity contribution in [3.05, 3.63) is 95.6 Å². The summed E-state index contributed by atoms with van der Waals surface area (Å²) in [6, 6.07) is 21.2. The zero-order valence-electron chi connectivity index (χ0n) is 16.8. The van der Waals surface area contributed by atoms with Crippen LogP contribution in [0.3, 0.4) is 0 Å². The highest BCUT2D eigenvalue weighted by Crippen LogP contribution is 2.32. The molecule has 5 N–H and O–H groups in total. The number of anilines is 2. The number of carbonyl (C=O) groups is 2. The van der Waals surface area contributed by atoms with E-state index in [1.54, 1.807) is 5.43 Å². The number of hydrogen-bond acceptors (Lipinski definition) is 4. The van der Waals surface area contributed by atoms with Crippen LogP contribution in [0.2, 0.25) is 0 Å². The molecule has 4 rings (SSSR count). The largest absolute Gasteiger partial charge is 0.416 e. The van der Waals surface area contributed by atoms with E-state index in [2.05, 4.69) is 22.8 Å². The zero-order valence-corrected chi connectivity index (χ0v) is 16.8. The normalized spacial score (nSPS) is 14.9. The molecular weight excluding hydrogens is 421 g/mol. The molecule has 1 unspecified atom stereocenters. The monoisotopic (exact) mass is 442 g/mol. The van der Waals surface area contributed by atoms with Gasteiger partial charge < -0.3 is 10.6 Å². The van der Waals surface area contributed by atoms with Crippen LogP contribution in [-0.2, 0) is 6.18 Å². The van der Waals surface area contributed by atoms with Gasteiger partial charge >= 0.3 is 12.2 Å². The number of Topliss-reactive ketones (excluding diaryl/α,β-unsaturated/α-hetero) is 1. The minimum absolute atomic E-state index is 0.0959. The second-order valence-corrected chi connectivity index (χ2v) is 6.95. The maximum absolute atomic E-state index is 12.1. The summed E-state index contributed by atoms with van der Waals surface area (Å²) < 4.78 is 36.4. The Morgan fingerprint density at radius 1 is 0.938 bits per heavy atom. The van der Waals surface area contributed by atoms with Gasteiger partial charge in [-0.15, -0.1) is 0 Å². The van der Waals surface area contributed by atoms with Gasteiger partial charge in [0.05, 0.1) is 11.6 Å². The number of hydrazine groups is 1. The number of rotatable bonds is 2. The van der Waals surface area contributed by atoms with Crippen LogP contribution in [0.15, 0.2) is 78.9 Å². The van der Waals surface area contributed by atoms with Crippen molar-refractivity contribution in [3.8, 4) is 0 Å². The van der Waals surface area contributed by atoms with Gasteiger partial charge in [-0.05, 0) is 42.0 Å². The minimum Gasteiger partial charge on any atom is -0.377 e. The maximum Gasteiger partial charge on any atom is 0.416 e. The van der Waals surface area contributed by atoms with E-state index >= 15 is 0 Å². The van der Waals surface area contributed by atoms with Crippen LogP contribution in [0.4, 0.5) is 29.3 Å². The quantitative estimate of drug-likeness (QED) is 0.251. The number of carbonyl (C=O) groups excluding carboxylic acids is 2. The van der Waals surface area contributed by atoms with Crippen LogP contribution >= 0.6 is 0 Å². The summed E-state index contributed by atoms with van der Waals surface area (Å²) in [5.74, 6) is 4.99. The number of fused-ring (bicyclic) bond motifs is 1. The van der Waals surface area contributed by atoms with E-state index in [1.807, 2.05) is 42.5 Å². The number of ketones is 1. The third-order valence-electron chi connectivity index (χ3n) is 4.75. The Kier molecular flexibility index (Phi) is 7.11. The van der Waals surface area contributed by atoms with Crippen LogP contribution in [0.5, 0.6) is 0 Å². The molecule has 32 heavy (non-hydrogen) atoms. The standard InChI is InChI=1S/C15H13NO.C8H8F3N3O/c17-15-10-14(11-6-2-1-3-7-11)16-13-9-5-4-8-12(13)15;9-8(10,11)5-1-3-6(4-2-5)13-7(15)14-12/h1-9,14,16H,10H2;1-4H,12H2,(H2,13,14,15). The van der Waals surface area contributed by atoms with Crippen LogP contribution in [0.25, 0.3) is 0 Å². The molecular formula is C23H21F3N4O2. The number of benzene rings is 3. The van der Waals surface area contributed by atoms with E-state index in [9.17, 15) is 22.8 Å². The summed E-state index contributed by atoms with van der Waals surface area (Å²) in [6.07, 6.45) is -3.85. The third kappa shape index (κ3) is 5.86. The average molecular weight is 442 g/mol. The molecule has 0 spiro atoms. The topological polar surface area (TPSA) is 96.2 Å². The van der Waals surface area contributed by atoms with Crippen LogP contribution in [0.1, 0.15) is 33.9 Å². The van der Waals surface area contributed by atoms with Crippen LogP contribution in [0, 0.1) is 0 Å². The van der Waals surface area contributed by atoms with Crippen LogP contribution < -0.4 is 21.9 Å². The van der Waals surface area contributed by atoms with Crippen molar-refractivity contribution in [2.24, 2.45) is 5.84 Å². The molecule has 1 aliphatic rings. The lowest BCUT2D eigenvalue weighted by atomic mass is 9.92. The predicted molar refractivity (Wildman–Crippen MR) is 116 cm³/mol. The number of amides is 2. The molecule has 0 aliphatic carbocycles. The Labute approximate surface area is 182 Å². The molecule has 9 heteroatoms. The highest BCUT2D eigenvalue weighted by Gasteiger charge is 2.30. The molecule has 1 heterocycles. The molecule has 6 nitrogen and oxygen atoms in total. The number of alkyl halides is 3. The molecule has 0 bridgehead atoms. The first-order valence-electron chi connectivity index (χ1n) is 9.66. The second-order valence-electron chi connectivity index (χ2n) is 6.95. The van der Waals surface area contributed by atoms with Gasteiger partial charge in [0.15, 0.2) is 5.78 Å². The zero-order chi connectivity index (χ0) is 23.1. The fourth-order valence-electron chi connectivity index (χ4n) is 3.18. The molecule has 0 fully saturated rings. The molecule has 1 atom stereocenters. The van der Waals surface area contributed by atoms with E-state index in [1.165, 1.54) is 0 Å². The molecule has 2 amide bonds. The third-order valence-corrected chi connectivity index (χ3v) is 4.75. The van der Waals surface area contributed by atoms with Crippen molar-refractivity contribution in [3.63, 3.8) is 0 Å². The number of nitrogens with two attached hydrogens (primary N) is 1. The van der Waals surface area contributed by atoms with Gasteiger partial charge in [-0.2, -0.15) is 13.2 Å². The highest BCUT2D eigenvalue weighted by molar-refractivity contribution is 6.03. The smallest absolute Gasteiger partial charge is 0.377 e. The van der Waals surface area contributed by atoms with Crippen molar-refractivity contribution < 1.29 is 22.8 Å². The maximum atomic E-state index is 12.1. The van der Waals surface area contributed by atoms with Gasteiger partial charge in [-0.3, -0.25) is 10.2 Å². The van der Waals surface area contributed by atoms with Crippen molar-refractivity contribution in [2.45, 2.75) is 18.6 Å². The first kappa shape index (κ1) is 22.8. The fourth-order valence-corrected chi connectivity index (χ4v) is 3.18. The Hall–Kier alpha value is -3.85. The minimum atomic E-state index is -4.38. The summed E-state index contributed by atoms with van der Waals surface area (Å²) >= 11 is 0. The lowest BCUT2D eigenvalue weighted by Crippen LogP contribution is -2.34. The summed E-state index contributed by atoms with van der Waals surface area (Å²) in [5, 5.41) is 5.65. The Bertz CT molecular complexity index is 1070.